The second-order valence-corrected chi connectivity index (χ2v) is 4.77. The molecule has 3 N–H and O–H groups in total. The molecule has 1 unspecified atom stereocenters. The lowest BCUT2D eigenvalue weighted by Crippen LogP contribution is -2.30. The quantitative estimate of drug-likeness (QED) is 0.729. The number of aliphatic hydroxyl groups is 1. The first-order chi connectivity index (χ1) is 11.1. The fourth-order valence-electron chi connectivity index (χ4n) is 2.03. The molecule has 0 spiro atoms. The summed E-state index contributed by atoms with van der Waals surface area (Å²) in [6.45, 7) is 0.307. The lowest BCUT2D eigenvalue weighted by atomic mass is 10.2. The van der Waals surface area contributed by atoms with Crippen LogP contribution in [0.15, 0.2) is 41.0 Å². The summed E-state index contributed by atoms with van der Waals surface area (Å²) >= 11 is 0. The number of hydrogen-bond acceptors (Lipinski definition) is 5. The molecule has 0 aliphatic carbocycles. The number of rotatable bonds is 7. The van der Waals surface area contributed by atoms with E-state index in [0.29, 0.717) is 35.9 Å². The maximum absolute atomic E-state index is 11.8. The van der Waals surface area contributed by atoms with Crippen LogP contribution in [0.5, 0.6) is 11.5 Å². The first kappa shape index (κ1) is 16.7. The van der Waals surface area contributed by atoms with Gasteiger partial charge in [0.05, 0.1) is 20.5 Å². The van der Waals surface area contributed by atoms with E-state index in [2.05, 4.69) is 10.6 Å². The van der Waals surface area contributed by atoms with Crippen LogP contribution in [0.3, 0.4) is 0 Å². The number of methoxy groups -OCH3 is 2. The third-order valence-corrected chi connectivity index (χ3v) is 3.22. The monoisotopic (exact) mass is 320 g/mol. The number of nitrogens with one attached hydrogen (secondary N) is 2. The molecule has 124 valence electrons. The first-order valence-corrected chi connectivity index (χ1v) is 7.12. The Balaban J connectivity index is 1.80. The summed E-state index contributed by atoms with van der Waals surface area (Å²) < 4.78 is 15.4. The minimum Gasteiger partial charge on any atom is -0.493 e. The van der Waals surface area contributed by atoms with Crippen molar-refractivity contribution in [3.05, 3.63) is 42.4 Å². The van der Waals surface area contributed by atoms with Crippen molar-refractivity contribution >= 4 is 11.7 Å². The highest BCUT2D eigenvalue weighted by molar-refractivity contribution is 5.89. The van der Waals surface area contributed by atoms with E-state index in [1.807, 2.05) is 0 Å². The minimum atomic E-state index is -0.744. The maximum atomic E-state index is 11.8. The molecule has 0 radical (unpaired) electrons. The molecule has 2 amide bonds. The van der Waals surface area contributed by atoms with Crippen molar-refractivity contribution < 1.29 is 23.8 Å². The summed E-state index contributed by atoms with van der Waals surface area (Å²) in [6.07, 6.45) is 1.11. The highest BCUT2D eigenvalue weighted by Gasteiger charge is 2.11. The SMILES string of the molecule is COc1ccc(NC(=O)NCCC(O)c2ccco2)cc1OC. The zero-order chi connectivity index (χ0) is 16.7. The normalized spacial score (nSPS) is 11.6. The van der Waals surface area contributed by atoms with Gasteiger partial charge in [-0.05, 0) is 30.7 Å². The third kappa shape index (κ3) is 4.65. The van der Waals surface area contributed by atoms with Gasteiger partial charge in [0.2, 0.25) is 0 Å². The lowest BCUT2D eigenvalue weighted by Gasteiger charge is -2.12. The minimum absolute atomic E-state index is 0.307. The summed E-state index contributed by atoms with van der Waals surface area (Å²) in [4.78, 5) is 11.8. The highest BCUT2D eigenvalue weighted by Crippen LogP contribution is 2.29. The van der Waals surface area contributed by atoms with Gasteiger partial charge < -0.3 is 29.6 Å². The second-order valence-electron chi connectivity index (χ2n) is 4.77. The number of urea groups is 1. The zero-order valence-electron chi connectivity index (χ0n) is 13.0. The molecule has 2 aromatic rings. The molecule has 0 bridgehead atoms. The summed E-state index contributed by atoms with van der Waals surface area (Å²) in [6, 6.07) is 8.09. The van der Waals surface area contributed by atoms with E-state index in [0.717, 1.165) is 0 Å². The topological polar surface area (TPSA) is 93.0 Å². The fourth-order valence-corrected chi connectivity index (χ4v) is 2.03. The van der Waals surface area contributed by atoms with Gasteiger partial charge in [-0.2, -0.15) is 0 Å². The fraction of sp³-hybridized carbons (Fsp3) is 0.312. The number of amides is 2. The van der Waals surface area contributed by atoms with E-state index < -0.39 is 6.10 Å². The van der Waals surface area contributed by atoms with Crippen molar-refractivity contribution in [2.75, 3.05) is 26.1 Å². The first-order valence-electron chi connectivity index (χ1n) is 7.12. The van der Waals surface area contributed by atoms with Gasteiger partial charge in [-0.25, -0.2) is 4.79 Å². The highest BCUT2D eigenvalue weighted by atomic mass is 16.5. The number of hydrogen-bond donors (Lipinski definition) is 3. The van der Waals surface area contributed by atoms with Crippen LogP contribution >= 0.6 is 0 Å². The molecular formula is C16H20N2O5. The number of ether oxygens (including phenoxy) is 2. The molecule has 0 saturated carbocycles. The Kier molecular flexibility index (Phi) is 5.87. The van der Waals surface area contributed by atoms with Crippen molar-refractivity contribution in [1.82, 2.24) is 5.32 Å². The van der Waals surface area contributed by atoms with Crippen molar-refractivity contribution in [2.24, 2.45) is 0 Å². The Hall–Kier alpha value is -2.67. The Morgan fingerprint density at radius 2 is 2.04 bits per heavy atom. The number of furan rings is 1. The number of carbonyl (C=O) groups is 1. The molecular weight excluding hydrogens is 300 g/mol. The molecule has 7 nitrogen and oxygen atoms in total. The average molecular weight is 320 g/mol. The summed E-state index contributed by atoms with van der Waals surface area (Å²) in [7, 11) is 3.07. The smallest absolute Gasteiger partial charge is 0.319 e. The van der Waals surface area contributed by atoms with Crippen LogP contribution in [-0.2, 0) is 0 Å². The Morgan fingerprint density at radius 1 is 1.26 bits per heavy atom. The molecule has 2 rings (SSSR count). The largest absolute Gasteiger partial charge is 0.493 e. The summed E-state index contributed by atoms with van der Waals surface area (Å²) in [5.41, 5.74) is 0.576. The van der Waals surface area contributed by atoms with Gasteiger partial charge in [0, 0.05) is 18.3 Å². The Labute approximate surface area is 134 Å². The van der Waals surface area contributed by atoms with Gasteiger partial charge in [-0.1, -0.05) is 0 Å². The van der Waals surface area contributed by atoms with Gasteiger partial charge in [-0.3, -0.25) is 0 Å². The number of aliphatic hydroxyl groups excluding tert-OH is 1. The van der Waals surface area contributed by atoms with Crippen LogP contribution in [0, 0.1) is 0 Å². The van der Waals surface area contributed by atoms with Gasteiger partial charge in [-0.15, -0.1) is 0 Å². The summed E-state index contributed by atoms with van der Waals surface area (Å²) in [5.74, 6) is 1.59. The van der Waals surface area contributed by atoms with E-state index in [-0.39, 0.29) is 6.03 Å². The number of carbonyl (C=O) groups excluding carboxylic acids is 1. The van der Waals surface area contributed by atoms with E-state index in [1.54, 1.807) is 37.4 Å². The van der Waals surface area contributed by atoms with Gasteiger partial charge in [0.15, 0.2) is 11.5 Å². The van der Waals surface area contributed by atoms with E-state index >= 15 is 0 Å². The lowest BCUT2D eigenvalue weighted by molar-refractivity contribution is 0.140. The Bertz CT molecular complexity index is 627. The summed E-state index contributed by atoms with van der Waals surface area (Å²) in [5, 5.41) is 15.2. The van der Waals surface area contributed by atoms with Crippen LogP contribution in [-0.4, -0.2) is 31.9 Å². The molecule has 0 aliphatic heterocycles. The van der Waals surface area contributed by atoms with Crippen molar-refractivity contribution in [1.29, 1.82) is 0 Å². The zero-order valence-corrected chi connectivity index (χ0v) is 13.0. The van der Waals surface area contributed by atoms with Crippen LogP contribution in [0.4, 0.5) is 10.5 Å². The van der Waals surface area contributed by atoms with Crippen molar-refractivity contribution in [2.45, 2.75) is 12.5 Å². The van der Waals surface area contributed by atoms with E-state index in [1.165, 1.54) is 13.4 Å². The van der Waals surface area contributed by atoms with Gasteiger partial charge in [0.25, 0.3) is 0 Å². The number of benzene rings is 1. The second kappa shape index (κ2) is 8.09. The molecule has 0 fully saturated rings. The van der Waals surface area contributed by atoms with Crippen LogP contribution in [0.25, 0.3) is 0 Å². The molecule has 0 aliphatic rings. The van der Waals surface area contributed by atoms with Crippen LogP contribution in [0.2, 0.25) is 0 Å². The van der Waals surface area contributed by atoms with Crippen molar-refractivity contribution in [3.8, 4) is 11.5 Å². The number of anilines is 1. The third-order valence-electron chi connectivity index (χ3n) is 3.22. The average Bonchev–Trinajstić information content (AvgIpc) is 3.09. The van der Waals surface area contributed by atoms with Crippen molar-refractivity contribution in [3.63, 3.8) is 0 Å². The molecule has 1 atom stereocenters. The predicted octanol–water partition coefficient (Wildman–Crippen LogP) is 2.54. The molecule has 7 heteroatoms. The standard InChI is InChI=1S/C16H20N2O5/c1-21-14-6-5-11(10-15(14)22-2)18-16(20)17-8-7-12(19)13-4-3-9-23-13/h3-6,9-10,12,19H,7-8H2,1-2H3,(H2,17,18,20). The van der Waals surface area contributed by atoms with Crippen LogP contribution < -0.4 is 20.1 Å². The van der Waals surface area contributed by atoms with Crippen LogP contribution in [0.1, 0.15) is 18.3 Å². The maximum Gasteiger partial charge on any atom is 0.319 e. The molecule has 1 aromatic heterocycles. The predicted molar refractivity (Wildman–Crippen MR) is 84.9 cm³/mol. The van der Waals surface area contributed by atoms with E-state index in [4.69, 9.17) is 13.9 Å². The molecule has 1 aromatic carbocycles. The molecule has 0 saturated heterocycles. The van der Waals surface area contributed by atoms with Gasteiger partial charge >= 0.3 is 6.03 Å². The van der Waals surface area contributed by atoms with E-state index in [9.17, 15) is 9.90 Å². The Morgan fingerprint density at radius 3 is 2.70 bits per heavy atom. The molecule has 23 heavy (non-hydrogen) atoms. The molecule has 1 heterocycles. The van der Waals surface area contributed by atoms with Gasteiger partial charge in [0.1, 0.15) is 11.9 Å².